The number of carbonyl (C=O) groups is 1. The summed E-state index contributed by atoms with van der Waals surface area (Å²) in [7, 11) is 0. The predicted molar refractivity (Wildman–Crippen MR) is 78.5 cm³/mol. The zero-order valence-corrected chi connectivity index (χ0v) is 12.0. The Morgan fingerprint density at radius 1 is 1.35 bits per heavy atom. The second kappa shape index (κ2) is 7.62. The van der Waals surface area contributed by atoms with E-state index in [4.69, 9.17) is 9.47 Å². The van der Waals surface area contributed by atoms with Crippen molar-refractivity contribution in [3.05, 3.63) is 41.4 Å². The van der Waals surface area contributed by atoms with Crippen LogP contribution in [-0.2, 0) is 4.74 Å². The van der Waals surface area contributed by atoms with Crippen LogP contribution in [0.3, 0.4) is 0 Å². The maximum absolute atomic E-state index is 12.2. The minimum atomic E-state index is -0.230. The van der Waals surface area contributed by atoms with E-state index in [0.717, 1.165) is 0 Å². The first-order valence-electron chi connectivity index (χ1n) is 6.31. The van der Waals surface area contributed by atoms with Gasteiger partial charge in [0.05, 0.1) is 12.2 Å². The van der Waals surface area contributed by atoms with Crippen LogP contribution in [-0.4, -0.2) is 30.7 Å². The lowest BCUT2D eigenvalue weighted by atomic mass is 10.2. The smallest absolute Gasteiger partial charge is 0.261 e. The van der Waals surface area contributed by atoms with Gasteiger partial charge in [-0.1, -0.05) is 12.1 Å². The van der Waals surface area contributed by atoms with E-state index in [1.54, 1.807) is 29.8 Å². The average molecular weight is 292 g/mol. The molecule has 2 aromatic rings. The molecule has 1 heterocycles. The van der Waals surface area contributed by atoms with Gasteiger partial charge in [-0.25, -0.2) is 4.98 Å². The first-order chi connectivity index (χ1) is 9.81. The lowest BCUT2D eigenvalue weighted by Crippen LogP contribution is -2.14. The number of hydrogen-bond acceptors (Lipinski definition) is 5. The van der Waals surface area contributed by atoms with E-state index in [-0.39, 0.29) is 5.91 Å². The number of ether oxygens (including phenoxy) is 2. The van der Waals surface area contributed by atoms with E-state index in [1.807, 2.05) is 13.0 Å². The zero-order valence-electron chi connectivity index (χ0n) is 11.2. The third-order valence-corrected chi connectivity index (χ3v) is 3.16. The van der Waals surface area contributed by atoms with Gasteiger partial charge in [0.1, 0.15) is 12.4 Å². The molecule has 0 bridgehead atoms. The fraction of sp³-hybridized carbons (Fsp3) is 0.286. The van der Waals surface area contributed by atoms with Crippen LogP contribution in [0.15, 0.2) is 35.8 Å². The number of nitrogens with one attached hydrogen (secondary N) is 1. The third kappa shape index (κ3) is 4.04. The Labute approximate surface area is 121 Å². The highest BCUT2D eigenvalue weighted by Crippen LogP contribution is 2.20. The minimum absolute atomic E-state index is 0.230. The molecule has 1 N–H and O–H groups in total. The van der Waals surface area contributed by atoms with E-state index in [9.17, 15) is 4.79 Å². The zero-order chi connectivity index (χ0) is 14.2. The molecular formula is C14H16N2O3S. The van der Waals surface area contributed by atoms with Crippen LogP contribution in [0.5, 0.6) is 5.75 Å². The van der Waals surface area contributed by atoms with Gasteiger partial charge in [0.25, 0.3) is 5.91 Å². The summed E-state index contributed by atoms with van der Waals surface area (Å²) in [6.45, 7) is 3.49. The SMILES string of the molecule is CCOCCOc1ccccc1C(=O)Nc1nccs1. The lowest BCUT2D eigenvalue weighted by Gasteiger charge is -2.10. The normalized spacial score (nSPS) is 10.2. The second-order valence-electron chi connectivity index (χ2n) is 3.83. The molecule has 0 aliphatic heterocycles. The van der Waals surface area contributed by atoms with Crippen LogP contribution in [0.1, 0.15) is 17.3 Å². The summed E-state index contributed by atoms with van der Waals surface area (Å²) in [4.78, 5) is 16.2. The molecule has 0 aliphatic carbocycles. The maximum Gasteiger partial charge on any atom is 0.261 e. The third-order valence-electron chi connectivity index (χ3n) is 2.47. The molecule has 0 radical (unpaired) electrons. The topological polar surface area (TPSA) is 60.5 Å². The van der Waals surface area contributed by atoms with Gasteiger partial charge in [0.15, 0.2) is 5.13 Å². The highest BCUT2D eigenvalue weighted by Gasteiger charge is 2.13. The van der Waals surface area contributed by atoms with Crippen molar-refractivity contribution in [2.24, 2.45) is 0 Å². The fourth-order valence-corrected chi connectivity index (χ4v) is 2.11. The van der Waals surface area contributed by atoms with E-state index in [0.29, 0.717) is 36.3 Å². The van der Waals surface area contributed by atoms with Crippen LogP contribution >= 0.6 is 11.3 Å². The standard InChI is InChI=1S/C14H16N2O3S/c1-2-18-8-9-19-12-6-4-3-5-11(12)13(17)16-14-15-7-10-20-14/h3-7,10H,2,8-9H2,1H3,(H,15,16,17). The molecular weight excluding hydrogens is 276 g/mol. The van der Waals surface area contributed by atoms with Crippen LogP contribution < -0.4 is 10.1 Å². The Kier molecular flexibility index (Phi) is 5.52. The Bertz CT molecular complexity index is 543. The first-order valence-corrected chi connectivity index (χ1v) is 7.19. The number of anilines is 1. The molecule has 0 atom stereocenters. The van der Waals surface area contributed by atoms with Gasteiger partial charge >= 0.3 is 0 Å². The number of benzene rings is 1. The monoisotopic (exact) mass is 292 g/mol. The molecule has 1 aromatic carbocycles. The number of rotatable bonds is 7. The molecule has 20 heavy (non-hydrogen) atoms. The number of para-hydroxylation sites is 1. The van der Waals surface area contributed by atoms with Crippen LogP contribution in [0.2, 0.25) is 0 Å². The van der Waals surface area contributed by atoms with Crippen LogP contribution in [0.25, 0.3) is 0 Å². The molecule has 0 saturated heterocycles. The van der Waals surface area contributed by atoms with E-state index in [2.05, 4.69) is 10.3 Å². The molecule has 0 spiro atoms. The van der Waals surface area contributed by atoms with Crippen molar-refractivity contribution in [2.45, 2.75) is 6.92 Å². The van der Waals surface area contributed by atoms with Gasteiger partial charge in [0.2, 0.25) is 0 Å². The second-order valence-corrected chi connectivity index (χ2v) is 4.73. The molecule has 2 rings (SSSR count). The van der Waals surface area contributed by atoms with Crippen LogP contribution in [0.4, 0.5) is 5.13 Å². The van der Waals surface area contributed by atoms with Crippen molar-refractivity contribution in [2.75, 3.05) is 25.1 Å². The van der Waals surface area contributed by atoms with E-state index >= 15 is 0 Å². The van der Waals surface area contributed by atoms with Crippen molar-refractivity contribution in [3.8, 4) is 5.75 Å². The summed E-state index contributed by atoms with van der Waals surface area (Å²) in [6, 6.07) is 7.12. The fourth-order valence-electron chi connectivity index (χ4n) is 1.58. The lowest BCUT2D eigenvalue weighted by molar-refractivity contribution is 0.0998. The molecule has 0 saturated carbocycles. The molecule has 0 unspecified atom stereocenters. The van der Waals surface area contributed by atoms with Gasteiger partial charge in [-0.05, 0) is 19.1 Å². The Balaban J connectivity index is 2.01. The van der Waals surface area contributed by atoms with Crippen molar-refractivity contribution in [1.29, 1.82) is 0 Å². The maximum atomic E-state index is 12.2. The number of amides is 1. The Morgan fingerprint density at radius 3 is 2.95 bits per heavy atom. The molecule has 1 amide bonds. The predicted octanol–water partition coefficient (Wildman–Crippen LogP) is 2.81. The van der Waals surface area contributed by atoms with Crippen molar-refractivity contribution in [1.82, 2.24) is 4.98 Å². The molecule has 0 aliphatic rings. The quantitative estimate of drug-likeness (QED) is 0.797. The number of aromatic nitrogens is 1. The molecule has 6 heteroatoms. The van der Waals surface area contributed by atoms with Gasteiger partial charge in [-0.3, -0.25) is 10.1 Å². The van der Waals surface area contributed by atoms with E-state index in [1.165, 1.54) is 11.3 Å². The van der Waals surface area contributed by atoms with E-state index < -0.39 is 0 Å². The number of hydrogen-bond donors (Lipinski definition) is 1. The van der Waals surface area contributed by atoms with Gasteiger partial charge in [-0.15, -0.1) is 11.3 Å². The summed E-state index contributed by atoms with van der Waals surface area (Å²) in [5.74, 6) is 0.313. The highest BCUT2D eigenvalue weighted by molar-refractivity contribution is 7.13. The molecule has 0 fully saturated rings. The van der Waals surface area contributed by atoms with Gasteiger partial charge in [-0.2, -0.15) is 0 Å². The summed E-state index contributed by atoms with van der Waals surface area (Å²) in [6.07, 6.45) is 1.64. The highest BCUT2D eigenvalue weighted by atomic mass is 32.1. The average Bonchev–Trinajstić information content (AvgIpc) is 2.97. The largest absolute Gasteiger partial charge is 0.490 e. The van der Waals surface area contributed by atoms with Gasteiger partial charge in [0, 0.05) is 18.2 Å². The summed E-state index contributed by atoms with van der Waals surface area (Å²) in [5.41, 5.74) is 0.485. The molecule has 106 valence electrons. The number of carbonyl (C=O) groups excluding carboxylic acids is 1. The molecule has 5 nitrogen and oxygen atoms in total. The Morgan fingerprint density at radius 2 is 2.20 bits per heavy atom. The van der Waals surface area contributed by atoms with Crippen LogP contribution in [0, 0.1) is 0 Å². The Hall–Kier alpha value is -1.92. The minimum Gasteiger partial charge on any atom is -0.490 e. The first kappa shape index (κ1) is 14.5. The molecule has 1 aromatic heterocycles. The summed E-state index contributed by atoms with van der Waals surface area (Å²) >= 11 is 1.37. The van der Waals surface area contributed by atoms with Gasteiger partial charge < -0.3 is 9.47 Å². The van der Waals surface area contributed by atoms with Crippen molar-refractivity contribution in [3.63, 3.8) is 0 Å². The number of thiazole rings is 1. The van der Waals surface area contributed by atoms with Crippen molar-refractivity contribution < 1.29 is 14.3 Å². The van der Waals surface area contributed by atoms with Crippen molar-refractivity contribution >= 4 is 22.4 Å². The summed E-state index contributed by atoms with van der Waals surface area (Å²) < 4.78 is 10.8. The number of nitrogens with zero attached hydrogens (tertiary/aromatic N) is 1. The summed E-state index contributed by atoms with van der Waals surface area (Å²) in [5, 5.41) is 5.11.